The van der Waals surface area contributed by atoms with Crippen LogP contribution in [0, 0.1) is 0 Å². The molecule has 0 aliphatic heterocycles. The number of ether oxygens (including phenoxy) is 2. The molecule has 11 heavy (non-hydrogen) atoms. The molecule has 0 aromatic rings. The van der Waals surface area contributed by atoms with Gasteiger partial charge in [-0.25, -0.2) is 0 Å². The van der Waals surface area contributed by atoms with Crippen LogP contribution in [0.15, 0.2) is 0 Å². The van der Waals surface area contributed by atoms with Gasteiger partial charge in [-0.15, -0.1) is 0 Å². The van der Waals surface area contributed by atoms with Gasteiger partial charge in [0.1, 0.15) is 0 Å². The lowest BCUT2D eigenvalue weighted by atomic mass is 10.2. The Bertz CT molecular complexity index is 93.3. The predicted molar refractivity (Wildman–Crippen MR) is 43.6 cm³/mol. The van der Waals surface area contributed by atoms with E-state index in [4.69, 9.17) is 14.6 Å². The summed E-state index contributed by atoms with van der Waals surface area (Å²) in [7, 11) is 1.63. The summed E-state index contributed by atoms with van der Waals surface area (Å²) in [6, 6.07) is 0. The van der Waals surface area contributed by atoms with Crippen molar-refractivity contribution < 1.29 is 14.6 Å². The standard InChI is InChI=1S/C8H18O3/c1-6(5-10-4)11-8(3)7(2)9/h6-9H,5H2,1-4H3. The molecule has 0 aromatic heterocycles. The van der Waals surface area contributed by atoms with Gasteiger partial charge in [-0.1, -0.05) is 0 Å². The number of aliphatic hydroxyl groups excluding tert-OH is 1. The first kappa shape index (κ1) is 10.9. The minimum absolute atomic E-state index is 0.0459. The van der Waals surface area contributed by atoms with E-state index in [9.17, 15) is 0 Å². The highest BCUT2D eigenvalue weighted by Crippen LogP contribution is 2.02. The molecule has 0 heterocycles. The Morgan fingerprint density at radius 1 is 1.27 bits per heavy atom. The molecule has 0 spiro atoms. The van der Waals surface area contributed by atoms with Crippen LogP contribution in [0.1, 0.15) is 20.8 Å². The Morgan fingerprint density at radius 2 is 1.82 bits per heavy atom. The van der Waals surface area contributed by atoms with Gasteiger partial charge < -0.3 is 14.6 Å². The molecule has 0 amide bonds. The zero-order chi connectivity index (χ0) is 8.85. The highest BCUT2D eigenvalue weighted by molar-refractivity contribution is 4.59. The van der Waals surface area contributed by atoms with Gasteiger partial charge >= 0.3 is 0 Å². The van der Waals surface area contributed by atoms with Crippen LogP contribution < -0.4 is 0 Å². The highest BCUT2D eigenvalue weighted by atomic mass is 16.5. The summed E-state index contributed by atoms with van der Waals surface area (Å²) in [6.07, 6.45) is -0.501. The van der Waals surface area contributed by atoms with E-state index >= 15 is 0 Å². The normalized spacial score (nSPS) is 19.4. The van der Waals surface area contributed by atoms with E-state index in [-0.39, 0.29) is 12.2 Å². The average molecular weight is 162 g/mol. The van der Waals surface area contributed by atoms with E-state index in [1.165, 1.54) is 0 Å². The molecule has 0 saturated heterocycles. The van der Waals surface area contributed by atoms with Crippen molar-refractivity contribution in [2.45, 2.75) is 39.1 Å². The highest BCUT2D eigenvalue weighted by Gasteiger charge is 2.12. The van der Waals surface area contributed by atoms with Crippen molar-refractivity contribution in [2.75, 3.05) is 13.7 Å². The zero-order valence-corrected chi connectivity index (χ0v) is 7.70. The first-order chi connectivity index (χ1) is 5.07. The molecule has 0 aliphatic carbocycles. The molecule has 0 fully saturated rings. The summed E-state index contributed by atoms with van der Waals surface area (Å²) < 4.78 is 10.3. The van der Waals surface area contributed by atoms with Gasteiger partial charge in [-0.2, -0.15) is 0 Å². The van der Waals surface area contributed by atoms with Gasteiger partial charge in [0.15, 0.2) is 0 Å². The van der Waals surface area contributed by atoms with Gasteiger partial charge in [0.25, 0.3) is 0 Å². The Kier molecular flexibility index (Phi) is 5.46. The van der Waals surface area contributed by atoms with Crippen molar-refractivity contribution in [3.63, 3.8) is 0 Å². The number of hydrogen-bond acceptors (Lipinski definition) is 3. The Labute approximate surface area is 68.3 Å². The molecular weight excluding hydrogens is 144 g/mol. The van der Waals surface area contributed by atoms with E-state index in [0.29, 0.717) is 6.61 Å². The van der Waals surface area contributed by atoms with E-state index in [0.717, 1.165) is 0 Å². The topological polar surface area (TPSA) is 38.7 Å². The van der Waals surface area contributed by atoms with Gasteiger partial charge in [-0.05, 0) is 20.8 Å². The lowest BCUT2D eigenvalue weighted by Gasteiger charge is -2.20. The van der Waals surface area contributed by atoms with Crippen molar-refractivity contribution in [3.8, 4) is 0 Å². The fourth-order valence-corrected chi connectivity index (χ4v) is 0.754. The molecular formula is C8H18O3. The third kappa shape index (κ3) is 5.18. The van der Waals surface area contributed by atoms with Gasteiger partial charge in [0, 0.05) is 7.11 Å². The Hall–Kier alpha value is -0.120. The van der Waals surface area contributed by atoms with Crippen LogP contribution in [0.4, 0.5) is 0 Å². The van der Waals surface area contributed by atoms with Gasteiger partial charge in [0.2, 0.25) is 0 Å². The minimum Gasteiger partial charge on any atom is -0.391 e. The minimum atomic E-state index is -0.422. The largest absolute Gasteiger partial charge is 0.391 e. The molecule has 3 atom stereocenters. The van der Waals surface area contributed by atoms with Crippen molar-refractivity contribution in [2.24, 2.45) is 0 Å². The molecule has 0 aromatic carbocycles. The second-order valence-corrected chi connectivity index (χ2v) is 2.85. The first-order valence-corrected chi connectivity index (χ1v) is 3.90. The summed E-state index contributed by atoms with van der Waals surface area (Å²) >= 11 is 0. The van der Waals surface area contributed by atoms with Crippen LogP contribution in [0.25, 0.3) is 0 Å². The summed E-state index contributed by atoms with van der Waals surface area (Å²) in [5.41, 5.74) is 0. The van der Waals surface area contributed by atoms with Crippen LogP contribution in [-0.2, 0) is 9.47 Å². The molecule has 3 heteroatoms. The van der Waals surface area contributed by atoms with Crippen LogP contribution in [0.2, 0.25) is 0 Å². The van der Waals surface area contributed by atoms with Crippen molar-refractivity contribution in [1.29, 1.82) is 0 Å². The summed E-state index contributed by atoms with van der Waals surface area (Å²) in [6.45, 7) is 6.04. The number of methoxy groups -OCH3 is 1. The molecule has 3 unspecified atom stereocenters. The quantitative estimate of drug-likeness (QED) is 0.650. The summed E-state index contributed by atoms with van der Waals surface area (Å²) in [4.78, 5) is 0. The molecule has 0 radical (unpaired) electrons. The molecule has 1 N–H and O–H groups in total. The monoisotopic (exact) mass is 162 g/mol. The summed E-state index contributed by atoms with van der Waals surface area (Å²) in [5, 5.41) is 9.07. The first-order valence-electron chi connectivity index (χ1n) is 3.90. The van der Waals surface area contributed by atoms with Gasteiger partial charge in [-0.3, -0.25) is 0 Å². The number of aliphatic hydroxyl groups is 1. The second-order valence-electron chi connectivity index (χ2n) is 2.85. The maximum Gasteiger partial charge on any atom is 0.0807 e. The SMILES string of the molecule is COCC(C)OC(C)C(C)O. The van der Waals surface area contributed by atoms with E-state index in [2.05, 4.69) is 0 Å². The van der Waals surface area contributed by atoms with Gasteiger partial charge in [0.05, 0.1) is 24.9 Å². The molecule has 0 bridgehead atoms. The average Bonchev–Trinajstić information content (AvgIpc) is 1.87. The maximum atomic E-state index is 9.07. The molecule has 68 valence electrons. The fourth-order valence-electron chi connectivity index (χ4n) is 0.754. The maximum absolute atomic E-state index is 9.07. The molecule has 0 aliphatic rings. The molecule has 3 nitrogen and oxygen atoms in total. The van der Waals surface area contributed by atoms with Crippen molar-refractivity contribution in [1.82, 2.24) is 0 Å². The van der Waals surface area contributed by atoms with Crippen LogP contribution >= 0.6 is 0 Å². The predicted octanol–water partition coefficient (Wildman–Crippen LogP) is 0.807. The van der Waals surface area contributed by atoms with Crippen molar-refractivity contribution >= 4 is 0 Å². The lowest BCUT2D eigenvalue weighted by Crippen LogP contribution is -2.29. The van der Waals surface area contributed by atoms with Crippen LogP contribution in [-0.4, -0.2) is 37.1 Å². The Morgan fingerprint density at radius 3 is 2.18 bits per heavy atom. The lowest BCUT2D eigenvalue weighted by molar-refractivity contribution is -0.0758. The van der Waals surface area contributed by atoms with E-state index in [1.54, 1.807) is 14.0 Å². The van der Waals surface area contributed by atoms with E-state index < -0.39 is 6.10 Å². The third-order valence-corrected chi connectivity index (χ3v) is 1.53. The van der Waals surface area contributed by atoms with Crippen LogP contribution in [0.3, 0.4) is 0 Å². The fraction of sp³-hybridized carbons (Fsp3) is 1.00. The second kappa shape index (κ2) is 5.52. The Balaban J connectivity index is 3.48. The molecule has 0 rings (SSSR count). The third-order valence-electron chi connectivity index (χ3n) is 1.53. The van der Waals surface area contributed by atoms with Crippen molar-refractivity contribution in [3.05, 3.63) is 0 Å². The summed E-state index contributed by atoms with van der Waals surface area (Å²) in [5.74, 6) is 0. The number of rotatable bonds is 5. The smallest absolute Gasteiger partial charge is 0.0807 e. The van der Waals surface area contributed by atoms with Crippen LogP contribution in [0.5, 0.6) is 0 Å². The number of hydrogen-bond donors (Lipinski definition) is 1. The van der Waals surface area contributed by atoms with E-state index in [1.807, 2.05) is 13.8 Å². The molecule has 0 saturated carbocycles. The zero-order valence-electron chi connectivity index (χ0n) is 7.70.